The molecule has 0 unspecified atom stereocenters. The molecule has 144 valence electrons. The number of nitrogens with two attached hydrogens (primary N) is 2. The van der Waals surface area contributed by atoms with E-state index >= 15 is 0 Å². The summed E-state index contributed by atoms with van der Waals surface area (Å²) in [7, 11) is -4.67. The van der Waals surface area contributed by atoms with Crippen LogP contribution in [0.2, 0.25) is 0 Å². The zero-order chi connectivity index (χ0) is 19.6. The van der Waals surface area contributed by atoms with Crippen molar-refractivity contribution in [2.24, 2.45) is 0 Å². The van der Waals surface area contributed by atoms with E-state index in [0.717, 1.165) is 25.9 Å². The Hall–Kier alpha value is -2.77. The molecular formula is C13H21N7O5S. The van der Waals surface area contributed by atoms with E-state index < -0.39 is 10.4 Å². The van der Waals surface area contributed by atoms with Crippen LogP contribution in [0, 0.1) is 5.21 Å². The topological polar surface area (TPSA) is 195 Å². The SMILES string of the molecule is Nc1cc(N2CCCCC2)nc(N)[n+]1[O-].O=S(=O)(O)O.c1cncnc1. The molecule has 0 atom stereocenters. The highest BCUT2D eigenvalue weighted by molar-refractivity contribution is 7.79. The number of hydrogen-bond acceptors (Lipinski definition) is 9. The maximum atomic E-state index is 11.2. The lowest BCUT2D eigenvalue weighted by atomic mass is 10.1. The molecule has 3 heterocycles. The van der Waals surface area contributed by atoms with Crippen LogP contribution in [0.3, 0.4) is 0 Å². The van der Waals surface area contributed by atoms with Crippen molar-refractivity contribution in [2.45, 2.75) is 19.3 Å². The maximum absolute atomic E-state index is 11.2. The van der Waals surface area contributed by atoms with Gasteiger partial charge in [-0.15, -0.1) is 0 Å². The lowest BCUT2D eigenvalue weighted by Gasteiger charge is -2.26. The summed E-state index contributed by atoms with van der Waals surface area (Å²) >= 11 is 0. The Balaban J connectivity index is 0.000000253. The predicted octanol–water partition coefficient (Wildman–Crippen LogP) is -0.306. The van der Waals surface area contributed by atoms with Crippen LogP contribution in [0.1, 0.15) is 19.3 Å². The second-order valence-corrected chi connectivity index (χ2v) is 5.99. The molecule has 6 N–H and O–H groups in total. The summed E-state index contributed by atoms with van der Waals surface area (Å²) in [6.07, 6.45) is 8.41. The number of nitrogens with zero attached hydrogens (tertiary/aromatic N) is 5. The Labute approximate surface area is 150 Å². The zero-order valence-electron chi connectivity index (χ0n) is 13.8. The molecule has 12 nitrogen and oxygen atoms in total. The minimum atomic E-state index is -4.67. The summed E-state index contributed by atoms with van der Waals surface area (Å²) in [6, 6.07) is 3.36. The molecule has 2 aromatic heterocycles. The Kier molecular flexibility index (Phi) is 8.41. The number of piperidine rings is 1. The Morgan fingerprint density at radius 1 is 1.12 bits per heavy atom. The number of anilines is 3. The fraction of sp³-hybridized carbons (Fsp3) is 0.385. The van der Waals surface area contributed by atoms with E-state index in [1.54, 1.807) is 24.5 Å². The van der Waals surface area contributed by atoms with E-state index in [0.29, 0.717) is 10.5 Å². The first kappa shape index (κ1) is 21.3. The highest BCUT2D eigenvalue weighted by atomic mass is 32.3. The number of aromatic nitrogens is 4. The van der Waals surface area contributed by atoms with Gasteiger partial charge in [-0.25, -0.2) is 14.7 Å². The summed E-state index contributed by atoms with van der Waals surface area (Å²) < 4.78 is 32.0. The summed E-state index contributed by atoms with van der Waals surface area (Å²) in [5, 5.41) is 11.2. The molecule has 1 saturated heterocycles. The van der Waals surface area contributed by atoms with Gasteiger partial charge in [0.15, 0.2) is 11.6 Å². The van der Waals surface area contributed by atoms with Gasteiger partial charge in [0.05, 0.1) is 6.07 Å². The first-order chi connectivity index (χ1) is 12.2. The van der Waals surface area contributed by atoms with Crippen LogP contribution in [0.25, 0.3) is 0 Å². The molecular weight excluding hydrogens is 366 g/mol. The van der Waals surface area contributed by atoms with Gasteiger partial charge in [-0.3, -0.25) is 9.11 Å². The smallest absolute Gasteiger partial charge is 0.394 e. The predicted molar refractivity (Wildman–Crippen MR) is 94.3 cm³/mol. The summed E-state index contributed by atoms with van der Waals surface area (Å²) in [5.74, 6) is 0.718. The minimum absolute atomic E-state index is 0.0874. The molecule has 0 aromatic carbocycles. The minimum Gasteiger partial charge on any atom is -0.754 e. The van der Waals surface area contributed by atoms with Crippen molar-refractivity contribution in [2.75, 3.05) is 29.5 Å². The van der Waals surface area contributed by atoms with Crippen LogP contribution in [0.4, 0.5) is 17.6 Å². The van der Waals surface area contributed by atoms with Crippen LogP contribution in [0.15, 0.2) is 30.9 Å². The number of rotatable bonds is 1. The Morgan fingerprint density at radius 3 is 2.04 bits per heavy atom. The van der Waals surface area contributed by atoms with Crippen molar-refractivity contribution >= 4 is 28.0 Å². The first-order valence-corrected chi connectivity index (χ1v) is 8.88. The quantitative estimate of drug-likeness (QED) is 0.284. The van der Waals surface area contributed by atoms with E-state index in [-0.39, 0.29) is 11.8 Å². The van der Waals surface area contributed by atoms with E-state index in [2.05, 4.69) is 19.9 Å². The highest BCUT2D eigenvalue weighted by Gasteiger charge is 2.16. The third-order valence-corrected chi connectivity index (χ3v) is 3.11. The van der Waals surface area contributed by atoms with Crippen LogP contribution in [-0.4, -0.2) is 45.6 Å². The first-order valence-electron chi connectivity index (χ1n) is 7.49. The van der Waals surface area contributed by atoms with E-state index in [9.17, 15) is 5.21 Å². The average molecular weight is 387 g/mol. The molecule has 3 rings (SSSR count). The van der Waals surface area contributed by atoms with Gasteiger partial charge in [0.2, 0.25) is 0 Å². The van der Waals surface area contributed by atoms with Crippen LogP contribution >= 0.6 is 0 Å². The highest BCUT2D eigenvalue weighted by Crippen LogP contribution is 2.18. The standard InChI is InChI=1S/C9H15N5O.C4H4N2.H2O4S/c10-7-6-8(12-9(11)14(7)15)13-4-2-1-3-5-13;1-2-5-4-6-3-1;1-5(2,3)4/h6H,1-5,10H2,(H2,11,12);1-4H;(H2,1,2,3,4). The fourth-order valence-corrected chi connectivity index (χ4v) is 2.06. The van der Waals surface area contributed by atoms with Crippen molar-refractivity contribution in [3.63, 3.8) is 0 Å². The van der Waals surface area contributed by atoms with Crippen molar-refractivity contribution < 1.29 is 22.3 Å². The largest absolute Gasteiger partial charge is 0.754 e. The third-order valence-electron chi connectivity index (χ3n) is 3.11. The monoisotopic (exact) mass is 387 g/mol. The molecule has 26 heavy (non-hydrogen) atoms. The summed E-state index contributed by atoms with van der Waals surface area (Å²) in [4.78, 5) is 13.5. The van der Waals surface area contributed by atoms with Crippen LogP contribution < -0.4 is 21.1 Å². The van der Waals surface area contributed by atoms with Gasteiger partial charge >= 0.3 is 16.3 Å². The Morgan fingerprint density at radius 2 is 1.65 bits per heavy atom. The molecule has 0 bridgehead atoms. The van der Waals surface area contributed by atoms with E-state index in [1.807, 2.05) is 0 Å². The molecule has 0 aliphatic carbocycles. The fourth-order valence-electron chi connectivity index (χ4n) is 2.06. The molecule has 13 heteroatoms. The second kappa shape index (κ2) is 10.3. The molecule has 0 saturated carbocycles. The maximum Gasteiger partial charge on any atom is 0.394 e. The lowest BCUT2D eigenvalue weighted by Crippen LogP contribution is -2.38. The normalized spacial score (nSPS) is 13.7. The lowest BCUT2D eigenvalue weighted by molar-refractivity contribution is -0.576. The van der Waals surface area contributed by atoms with Gasteiger partial charge in [-0.1, -0.05) is 4.98 Å². The van der Waals surface area contributed by atoms with Gasteiger partial charge in [-0.05, 0) is 25.3 Å². The van der Waals surface area contributed by atoms with Gasteiger partial charge < -0.3 is 21.6 Å². The molecule has 0 amide bonds. The molecule has 2 aromatic rings. The van der Waals surface area contributed by atoms with Crippen LogP contribution in [0.5, 0.6) is 0 Å². The number of nitrogen functional groups attached to an aromatic ring is 2. The van der Waals surface area contributed by atoms with E-state index in [1.165, 1.54) is 12.7 Å². The second-order valence-electron chi connectivity index (χ2n) is 5.09. The summed E-state index contributed by atoms with van der Waals surface area (Å²) in [6.45, 7) is 1.91. The van der Waals surface area contributed by atoms with Crippen molar-refractivity contribution in [3.8, 4) is 0 Å². The van der Waals surface area contributed by atoms with Gasteiger partial charge in [0.1, 0.15) is 6.33 Å². The van der Waals surface area contributed by atoms with Gasteiger partial charge in [0, 0.05) is 25.5 Å². The molecule has 0 radical (unpaired) electrons. The molecule has 1 fully saturated rings. The van der Waals surface area contributed by atoms with E-state index in [4.69, 9.17) is 29.0 Å². The zero-order valence-corrected chi connectivity index (χ0v) is 14.7. The third kappa shape index (κ3) is 8.91. The van der Waals surface area contributed by atoms with Gasteiger partial charge in [0.25, 0.3) is 0 Å². The molecule has 1 aliphatic rings. The average Bonchev–Trinajstić information content (AvgIpc) is 2.61. The van der Waals surface area contributed by atoms with Gasteiger partial charge in [-0.2, -0.15) is 8.42 Å². The van der Waals surface area contributed by atoms with Crippen molar-refractivity contribution in [1.82, 2.24) is 15.0 Å². The van der Waals surface area contributed by atoms with Crippen molar-refractivity contribution in [3.05, 3.63) is 36.1 Å². The Bertz CT molecular complexity index is 712. The van der Waals surface area contributed by atoms with Crippen LogP contribution in [-0.2, 0) is 10.4 Å². The molecule has 1 aliphatic heterocycles. The number of hydrogen-bond donors (Lipinski definition) is 4. The van der Waals surface area contributed by atoms with Crippen molar-refractivity contribution in [1.29, 1.82) is 0 Å². The molecule has 0 spiro atoms. The summed E-state index contributed by atoms with van der Waals surface area (Å²) in [5.41, 5.74) is 11.0.